The first-order valence-electron chi connectivity index (χ1n) is 5.05. The zero-order valence-corrected chi connectivity index (χ0v) is 10.1. The molecule has 0 unspecified atom stereocenters. The number of hydrogen-bond acceptors (Lipinski definition) is 3. The average molecular weight is 250 g/mol. The van der Waals surface area contributed by atoms with Gasteiger partial charge in [0.05, 0.1) is 5.75 Å². The second kappa shape index (κ2) is 5.14. The van der Waals surface area contributed by atoms with Crippen LogP contribution in [-0.2, 0) is 7.05 Å². The fraction of sp³-hybridized carbons (Fsp3) is 0.167. The van der Waals surface area contributed by atoms with E-state index in [0.29, 0.717) is 5.56 Å². The highest BCUT2D eigenvalue weighted by atomic mass is 32.2. The minimum atomic E-state index is -0.391. The molecule has 1 aromatic heterocycles. The Morgan fingerprint density at radius 1 is 1.53 bits per heavy atom. The van der Waals surface area contributed by atoms with E-state index < -0.39 is 5.82 Å². The van der Waals surface area contributed by atoms with Crippen molar-refractivity contribution in [2.75, 3.05) is 5.75 Å². The number of thioether (sulfide) groups is 1. The molecule has 0 aliphatic heterocycles. The molecule has 2 aromatic rings. The summed E-state index contributed by atoms with van der Waals surface area (Å²) >= 11 is 1.34. The smallest absolute Gasteiger partial charge is 0.173 e. The largest absolute Gasteiger partial charge is 0.329 e. The molecular formula is C12H11FN2OS. The van der Waals surface area contributed by atoms with Crippen molar-refractivity contribution in [3.05, 3.63) is 48.0 Å². The highest BCUT2D eigenvalue weighted by molar-refractivity contribution is 7.99. The minimum absolute atomic E-state index is 0.0995. The van der Waals surface area contributed by atoms with Gasteiger partial charge in [-0.05, 0) is 12.1 Å². The van der Waals surface area contributed by atoms with Gasteiger partial charge in [0.2, 0.25) is 0 Å². The Labute approximate surface area is 103 Å². The van der Waals surface area contributed by atoms with E-state index in [1.165, 1.54) is 30.0 Å². The van der Waals surface area contributed by atoms with Crippen LogP contribution in [0.3, 0.4) is 0 Å². The Bertz CT molecular complexity index is 539. The van der Waals surface area contributed by atoms with Crippen molar-refractivity contribution in [3.8, 4) is 0 Å². The lowest BCUT2D eigenvalue weighted by Gasteiger charge is -2.01. The molecular weight excluding hydrogens is 239 g/mol. The minimum Gasteiger partial charge on any atom is -0.329 e. The van der Waals surface area contributed by atoms with Gasteiger partial charge < -0.3 is 4.57 Å². The van der Waals surface area contributed by atoms with Crippen LogP contribution in [0.25, 0.3) is 0 Å². The van der Waals surface area contributed by atoms with Gasteiger partial charge in [-0.25, -0.2) is 9.37 Å². The van der Waals surface area contributed by atoms with Crippen LogP contribution in [0.4, 0.5) is 4.39 Å². The molecule has 0 amide bonds. The van der Waals surface area contributed by atoms with Crippen molar-refractivity contribution < 1.29 is 9.18 Å². The zero-order chi connectivity index (χ0) is 12.3. The number of benzene rings is 1. The molecule has 5 heteroatoms. The molecule has 0 fully saturated rings. The number of nitrogens with zero attached hydrogens (tertiary/aromatic N) is 2. The van der Waals surface area contributed by atoms with Gasteiger partial charge in [-0.15, -0.1) is 0 Å². The van der Waals surface area contributed by atoms with Crippen LogP contribution in [0.2, 0.25) is 0 Å². The van der Waals surface area contributed by atoms with Gasteiger partial charge in [0.1, 0.15) is 5.82 Å². The van der Waals surface area contributed by atoms with E-state index in [1.807, 2.05) is 17.8 Å². The molecule has 17 heavy (non-hydrogen) atoms. The third-order valence-electron chi connectivity index (χ3n) is 2.26. The van der Waals surface area contributed by atoms with Gasteiger partial charge in [-0.2, -0.15) is 0 Å². The monoisotopic (exact) mass is 250 g/mol. The maximum absolute atomic E-state index is 12.9. The SMILES string of the molecule is Cn1ccnc1SCC(=O)c1cccc(F)c1. The Morgan fingerprint density at radius 2 is 2.35 bits per heavy atom. The van der Waals surface area contributed by atoms with Gasteiger partial charge in [0.25, 0.3) is 0 Å². The summed E-state index contributed by atoms with van der Waals surface area (Å²) in [5, 5.41) is 0.773. The Kier molecular flexibility index (Phi) is 3.58. The van der Waals surface area contributed by atoms with Crippen LogP contribution in [-0.4, -0.2) is 21.1 Å². The predicted octanol–water partition coefficient (Wildman–Crippen LogP) is 2.53. The van der Waals surface area contributed by atoms with Crippen LogP contribution in [0.5, 0.6) is 0 Å². The Balaban J connectivity index is 2.01. The second-order valence-corrected chi connectivity index (χ2v) is 4.49. The first-order chi connectivity index (χ1) is 8.16. The number of aromatic nitrogens is 2. The van der Waals surface area contributed by atoms with Crippen molar-refractivity contribution in [1.29, 1.82) is 0 Å². The third-order valence-corrected chi connectivity index (χ3v) is 3.31. The first kappa shape index (κ1) is 11.9. The number of carbonyl (C=O) groups is 1. The summed E-state index contributed by atoms with van der Waals surface area (Å²) in [6, 6.07) is 5.72. The lowest BCUT2D eigenvalue weighted by atomic mass is 10.1. The highest BCUT2D eigenvalue weighted by Gasteiger charge is 2.09. The van der Waals surface area contributed by atoms with Crippen LogP contribution in [0.1, 0.15) is 10.4 Å². The van der Waals surface area contributed by atoms with Crippen LogP contribution < -0.4 is 0 Å². The molecule has 1 heterocycles. The quantitative estimate of drug-likeness (QED) is 0.618. The zero-order valence-electron chi connectivity index (χ0n) is 9.26. The molecule has 0 atom stereocenters. The van der Waals surface area contributed by atoms with Crippen molar-refractivity contribution in [2.24, 2.45) is 7.05 Å². The molecule has 0 saturated carbocycles. The number of aryl methyl sites for hydroxylation is 1. The number of carbonyl (C=O) groups excluding carboxylic acids is 1. The molecule has 2 rings (SSSR count). The normalized spacial score (nSPS) is 10.5. The topological polar surface area (TPSA) is 34.9 Å². The standard InChI is InChI=1S/C12H11FN2OS/c1-15-6-5-14-12(15)17-8-11(16)9-3-2-4-10(13)7-9/h2-7H,8H2,1H3. The van der Waals surface area contributed by atoms with Gasteiger partial charge in [0, 0.05) is 25.0 Å². The summed E-state index contributed by atoms with van der Waals surface area (Å²) in [6.45, 7) is 0. The van der Waals surface area contributed by atoms with Crippen LogP contribution >= 0.6 is 11.8 Å². The van der Waals surface area contributed by atoms with Crippen LogP contribution in [0.15, 0.2) is 41.8 Å². The number of ketones is 1. The number of imidazole rings is 1. The molecule has 1 aromatic carbocycles. The molecule has 0 aliphatic carbocycles. The summed E-state index contributed by atoms with van der Waals surface area (Å²) in [4.78, 5) is 15.9. The molecule has 0 spiro atoms. The number of rotatable bonds is 4. The van der Waals surface area contributed by atoms with Crippen LogP contribution in [0, 0.1) is 5.82 Å². The van der Waals surface area contributed by atoms with Crippen molar-refractivity contribution >= 4 is 17.5 Å². The van der Waals surface area contributed by atoms with E-state index in [9.17, 15) is 9.18 Å². The van der Waals surface area contributed by atoms with Gasteiger partial charge in [0.15, 0.2) is 10.9 Å². The molecule has 0 aliphatic rings. The summed E-state index contributed by atoms with van der Waals surface area (Å²) in [5.41, 5.74) is 0.395. The van der Waals surface area contributed by atoms with Crippen molar-refractivity contribution in [1.82, 2.24) is 9.55 Å². The molecule has 0 radical (unpaired) electrons. The van der Waals surface area contributed by atoms with Crippen molar-refractivity contribution in [2.45, 2.75) is 5.16 Å². The Hall–Kier alpha value is -1.62. The summed E-state index contributed by atoms with van der Waals surface area (Å²) in [5.74, 6) is -0.232. The summed E-state index contributed by atoms with van der Waals surface area (Å²) in [7, 11) is 1.86. The maximum atomic E-state index is 12.9. The van der Waals surface area contributed by atoms with Gasteiger partial charge >= 0.3 is 0 Å². The second-order valence-electron chi connectivity index (χ2n) is 3.54. The van der Waals surface area contributed by atoms with E-state index in [-0.39, 0.29) is 11.5 Å². The first-order valence-corrected chi connectivity index (χ1v) is 6.04. The van der Waals surface area contributed by atoms with Gasteiger partial charge in [-0.1, -0.05) is 23.9 Å². The molecule has 0 N–H and O–H groups in total. The molecule has 0 saturated heterocycles. The van der Waals surface area contributed by atoms with Gasteiger partial charge in [-0.3, -0.25) is 4.79 Å². The van der Waals surface area contributed by atoms with E-state index in [2.05, 4.69) is 4.98 Å². The summed E-state index contributed by atoms with van der Waals surface area (Å²) in [6.07, 6.45) is 3.49. The number of halogens is 1. The van der Waals surface area contributed by atoms with E-state index >= 15 is 0 Å². The van der Waals surface area contributed by atoms with E-state index in [0.717, 1.165) is 5.16 Å². The third kappa shape index (κ3) is 2.94. The number of Topliss-reactive ketones (excluding diaryl/α,β-unsaturated/α-hetero) is 1. The number of hydrogen-bond donors (Lipinski definition) is 0. The lowest BCUT2D eigenvalue weighted by Crippen LogP contribution is -2.03. The molecule has 3 nitrogen and oxygen atoms in total. The molecule has 88 valence electrons. The Morgan fingerprint density at radius 3 is 3.00 bits per heavy atom. The van der Waals surface area contributed by atoms with E-state index in [1.54, 1.807) is 12.3 Å². The predicted molar refractivity (Wildman–Crippen MR) is 64.7 cm³/mol. The summed E-state index contributed by atoms with van der Waals surface area (Å²) < 4.78 is 14.8. The highest BCUT2D eigenvalue weighted by Crippen LogP contribution is 2.16. The molecule has 0 bridgehead atoms. The fourth-order valence-corrected chi connectivity index (χ4v) is 2.19. The van der Waals surface area contributed by atoms with Crippen molar-refractivity contribution in [3.63, 3.8) is 0 Å². The van der Waals surface area contributed by atoms with E-state index in [4.69, 9.17) is 0 Å². The fourth-order valence-electron chi connectivity index (χ4n) is 1.37. The lowest BCUT2D eigenvalue weighted by molar-refractivity contribution is 0.102. The average Bonchev–Trinajstić information content (AvgIpc) is 2.72. The maximum Gasteiger partial charge on any atom is 0.173 e.